The Bertz CT molecular complexity index is 270. The first-order valence-corrected chi connectivity index (χ1v) is 5.43. The Morgan fingerprint density at radius 1 is 1.44 bits per heavy atom. The molecule has 0 fully saturated rings. The maximum atomic E-state index is 11.8. The quantitative estimate of drug-likeness (QED) is 0.806. The molecule has 8 heteroatoms. The fraction of sp³-hybridized carbons (Fsp3) is 0.750. The summed E-state index contributed by atoms with van der Waals surface area (Å²) in [7, 11) is 1.25. The first-order chi connectivity index (χ1) is 7.15. The summed E-state index contributed by atoms with van der Waals surface area (Å²) in [6.07, 6.45) is -4.32. The van der Waals surface area contributed by atoms with Gasteiger partial charge in [0.15, 0.2) is 0 Å². The van der Waals surface area contributed by atoms with Crippen molar-refractivity contribution in [3.05, 3.63) is 0 Å². The molecule has 0 spiro atoms. The lowest BCUT2D eigenvalue weighted by molar-refractivity contribution is -0.147. The van der Waals surface area contributed by atoms with Crippen molar-refractivity contribution in [2.75, 3.05) is 18.6 Å². The Balaban J connectivity index is 4.03. The second kappa shape index (κ2) is 5.97. The van der Waals surface area contributed by atoms with Gasteiger partial charge in [0.1, 0.15) is 6.04 Å². The molecule has 0 aliphatic heterocycles. The number of carbonyl (C=O) groups excluding carboxylic acids is 1. The van der Waals surface area contributed by atoms with Crippen LogP contribution in [0.5, 0.6) is 0 Å². The Morgan fingerprint density at radius 2 is 1.94 bits per heavy atom. The molecular weight excluding hydrogens is 247 g/mol. The van der Waals surface area contributed by atoms with Gasteiger partial charge in [-0.1, -0.05) is 0 Å². The highest BCUT2D eigenvalue weighted by atomic mass is 32.2. The number of aliphatic carboxylic acids is 1. The molecule has 16 heavy (non-hydrogen) atoms. The number of nitrogens with zero attached hydrogens (tertiary/aromatic N) is 1. The number of hydrogen-bond donors (Lipinski definition) is 1. The minimum absolute atomic E-state index is 0.381. The van der Waals surface area contributed by atoms with Crippen LogP contribution in [0.4, 0.5) is 13.2 Å². The Hall–Kier alpha value is -0.920. The zero-order valence-corrected chi connectivity index (χ0v) is 9.56. The van der Waals surface area contributed by atoms with E-state index in [2.05, 4.69) is 0 Å². The van der Waals surface area contributed by atoms with E-state index < -0.39 is 29.8 Å². The lowest BCUT2D eigenvalue weighted by Gasteiger charge is -2.21. The van der Waals surface area contributed by atoms with Crippen LogP contribution in [0, 0.1) is 0 Å². The van der Waals surface area contributed by atoms with Crippen LogP contribution in [0.25, 0.3) is 0 Å². The predicted octanol–water partition coefficient (Wildman–Crippen LogP) is 1.21. The van der Waals surface area contributed by atoms with Gasteiger partial charge in [-0.15, -0.1) is 11.8 Å². The van der Waals surface area contributed by atoms with Crippen molar-refractivity contribution in [2.45, 2.75) is 19.1 Å². The summed E-state index contributed by atoms with van der Waals surface area (Å²) < 4.78 is 35.3. The molecule has 1 atom stereocenters. The van der Waals surface area contributed by atoms with Crippen molar-refractivity contribution in [1.29, 1.82) is 0 Å². The molecule has 1 unspecified atom stereocenters. The highest BCUT2D eigenvalue weighted by Gasteiger charge is 2.28. The molecule has 1 amide bonds. The van der Waals surface area contributed by atoms with Gasteiger partial charge < -0.3 is 10.0 Å². The molecule has 0 saturated carbocycles. The molecule has 0 aliphatic rings. The summed E-state index contributed by atoms with van der Waals surface area (Å²) in [5, 5.41) is 8.58. The molecule has 0 aliphatic carbocycles. The maximum absolute atomic E-state index is 11.8. The SMILES string of the molecule is CC(C(=O)O)N(C)C(=O)CSCC(F)(F)F. The fourth-order valence-corrected chi connectivity index (χ4v) is 1.45. The molecule has 4 nitrogen and oxygen atoms in total. The number of carboxylic acids is 1. The van der Waals surface area contributed by atoms with E-state index in [1.54, 1.807) is 0 Å². The second-order valence-electron chi connectivity index (χ2n) is 3.13. The summed E-state index contributed by atoms with van der Waals surface area (Å²) in [5.41, 5.74) is 0. The van der Waals surface area contributed by atoms with Gasteiger partial charge in [0.2, 0.25) is 5.91 Å². The number of halogens is 3. The Kier molecular flexibility index (Phi) is 5.63. The van der Waals surface area contributed by atoms with Gasteiger partial charge >= 0.3 is 12.1 Å². The van der Waals surface area contributed by atoms with Crippen LogP contribution >= 0.6 is 11.8 Å². The number of amides is 1. The van der Waals surface area contributed by atoms with E-state index in [9.17, 15) is 22.8 Å². The van der Waals surface area contributed by atoms with E-state index in [-0.39, 0.29) is 5.75 Å². The van der Waals surface area contributed by atoms with Crippen LogP contribution in [0.3, 0.4) is 0 Å². The predicted molar refractivity (Wildman–Crippen MR) is 53.2 cm³/mol. The minimum atomic E-state index is -4.32. The van der Waals surface area contributed by atoms with Crippen LogP contribution in [-0.2, 0) is 9.59 Å². The number of thioether (sulfide) groups is 1. The van der Waals surface area contributed by atoms with Crippen molar-refractivity contribution in [3.8, 4) is 0 Å². The molecule has 0 radical (unpaired) electrons. The summed E-state index contributed by atoms with van der Waals surface area (Å²) >= 11 is 0.417. The Labute approximate surface area is 94.8 Å². The van der Waals surface area contributed by atoms with E-state index in [0.717, 1.165) is 4.90 Å². The third-order valence-electron chi connectivity index (χ3n) is 1.82. The Morgan fingerprint density at radius 3 is 2.31 bits per heavy atom. The highest BCUT2D eigenvalue weighted by Crippen LogP contribution is 2.21. The monoisotopic (exact) mass is 259 g/mol. The molecule has 0 aromatic rings. The van der Waals surface area contributed by atoms with Crippen LogP contribution in [-0.4, -0.2) is 52.7 Å². The highest BCUT2D eigenvalue weighted by molar-refractivity contribution is 8.00. The van der Waals surface area contributed by atoms with Crippen molar-refractivity contribution >= 4 is 23.6 Å². The third kappa shape index (κ3) is 5.84. The van der Waals surface area contributed by atoms with Crippen LogP contribution in [0.2, 0.25) is 0 Å². The zero-order chi connectivity index (χ0) is 12.9. The van der Waals surface area contributed by atoms with Gasteiger partial charge in [-0.25, -0.2) is 4.79 Å². The summed E-state index contributed by atoms with van der Waals surface area (Å²) in [4.78, 5) is 22.7. The first kappa shape index (κ1) is 15.1. The summed E-state index contributed by atoms with van der Waals surface area (Å²) in [6, 6.07) is -1.04. The molecule has 0 rings (SSSR count). The summed E-state index contributed by atoms with van der Waals surface area (Å²) in [5.74, 6) is -3.33. The van der Waals surface area contributed by atoms with Crippen molar-refractivity contribution in [1.82, 2.24) is 4.90 Å². The van der Waals surface area contributed by atoms with E-state index >= 15 is 0 Å². The van der Waals surface area contributed by atoms with E-state index in [1.165, 1.54) is 14.0 Å². The van der Waals surface area contributed by atoms with Crippen molar-refractivity contribution in [3.63, 3.8) is 0 Å². The molecule has 0 aromatic carbocycles. The van der Waals surface area contributed by atoms with Crippen molar-refractivity contribution in [2.24, 2.45) is 0 Å². The second-order valence-corrected chi connectivity index (χ2v) is 4.11. The van der Waals surface area contributed by atoms with Gasteiger partial charge in [0.05, 0.1) is 11.5 Å². The molecule has 0 aromatic heterocycles. The van der Waals surface area contributed by atoms with Crippen LogP contribution < -0.4 is 0 Å². The van der Waals surface area contributed by atoms with Gasteiger partial charge in [0.25, 0.3) is 0 Å². The molecule has 0 heterocycles. The molecule has 0 bridgehead atoms. The maximum Gasteiger partial charge on any atom is 0.397 e. The van der Waals surface area contributed by atoms with Gasteiger partial charge in [-0.05, 0) is 6.92 Å². The lowest BCUT2D eigenvalue weighted by atomic mass is 10.3. The largest absolute Gasteiger partial charge is 0.480 e. The van der Waals surface area contributed by atoms with E-state index in [0.29, 0.717) is 11.8 Å². The van der Waals surface area contributed by atoms with Crippen LogP contribution in [0.15, 0.2) is 0 Å². The topological polar surface area (TPSA) is 57.6 Å². The molecule has 94 valence electrons. The fourth-order valence-electron chi connectivity index (χ4n) is 0.738. The number of rotatable bonds is 5. The molecule has 1 N–H and O–H groups in total. The third-order valence-corrected chi connectivity index (χ3v) is 2.81. The lowest BCUT2D eigenvalue weighted by Crippen LogP contribution is -2.41. The number of likely N-dealkylation sites (N-methyl/N-ethyl adjacent to an activating group) is 1. The zero-order valence-electron chi connectivity index (χ0n) is 8.74. The summed E-state index contributed by atoms with van der Waals surface area (Å²) in [6.45, 7) is 1.29. The number of carboxylic acid groups (broad SMARTS) is 1. The molecular formula is C8H12F3NO3S. The van der Waals surface area contributed by atoms with Gasteiger partial charge in [-0.2, -0.15) is 13.2 Å². The van der Waals surface area contributed by atoms with Crippen LogP contribution in [0.1, 0.15) is 6.92 Å². The number of alkyl halides is 3. The number of hydrogen-bond acceptors (Lipinski definition) is 3. The van der Waals surface area contributed by atoms with E-state index in [4.69, 9.17) is 5.11 Å². The average molecular weight is 259 g/mol. The standard InChI is InChI=1S/C8H12F3NO3S/c1-5(7(14)15)12(2)6(13)3-16-4-8(9,10)11/h5H,3-4H2,1-2H3,(H,14,15). The van der Waals surface area contributed by atoms with Crippen molar-refractivity contribution < 1.29 is 27.9 Å². The number of carbonyl (C=O) groups is 2. The van der Waals surface area contributed by atoms with E-state index in [1.807, 2.05) is 0 Å². The molecule has 0 saturated heterocycles. The average Bonchev–Trinajstić information content (AvgIpc) is 2.13. The van der Waals surface area contributed by atoms with Gasteiger partial charge in [0, 0.05) is 7.05 Å². The smallest absolute Gasteiger partial charge is 0.397 e. The van der Waals surface area contributed by atoms with Gasteiger partial charge in [-0.3, -0.25) is 4.79 Å². The first-order valence-electron chi connectivity index (χ1n) is 4.28. The minimum Gasteiger partial charge on any atom is -0.480 e. The normalized spacial score (nSPS) is 13.3.